The molecule has 1 atom stereocenters. The molecule has 0 aromatic heterocycles. The Morgan fingerprint density at radius 1 is 1.42 bits per heavy atom. The maximum absolute atomic E-state index is 12.5. The molecule has 1 aliphatic rings. The van der Waals surface area contributed by atoms with Gasteiger partial charge >= 0.3 is 5.97 Å². The Hall–Kier alpha value is -1.44. The number of morpholine rings is 1. The van der Waals surface area contributed by atoms with E-state index in [4.69, 9.17) is 9.84 Å². The van der Waals surface area contributed by atoms with E-state index in [2.05, 4.69) is 0 Å². The zero-order chi connectivity index (χ0) is 14.0. The van der Waals surface area contributed by atoms with E-state index in [1.807, 2.05) is 0 Å². The third-order valence-corrected chi connectivity index (χ3v) is 5.08. The first kappa shape index (κ1) is 14.0. The summed E-state index contributed by atoms with van der Waals surface area (Å²) in [6, 6.07) is 5.33. The van der Waals surface area contributed by atoms with Gasteiger partial charge < -0.3 is 9.84 Å². The van der Waals surface area contributed by atoms with Crippen LogP contribution in [0.15, 0.2) is 29.2 Å². The average Bonchev–Trinajstić information content (AvgIpc) is 2.39. The fraction of sp³-hybridized carbons (Fsp3) is 0.417. The molecular weight excluding hydrogens is 270 g/mol. The normalized spacial score (nSPS) is 21.2. The van der Waals surface area contributed by atoms with Crippen molar-refractivity contribution in [3.63, 3.8) is 0 Å². The number of hydrogen-bond acceptors (Lipinski definition) is 4. The molecule has 0 saturated carbocycles. The molecule has 0 aliphatic carbocycles. The second-order valence-electron chi connectivity index (χ2n) is 4.34. The fourth-order valence-corrected chi connectivity index (χ4v) is 3.85. The van der Waals surface area contributed by atoms with Crippen LogP contribution in [-0.2, 0) is 14.8 Å². The Labute approximate surface area is 111 Å². The van der Waals surface area contributed by atoms with E-state index in [9.17, 15) is 13.2 Å². The summed E-state index contributed by atoms with van der Waals surface area (Å²) in [6.07, 6.45) is 0. The van der Waals surface area contributed by atoms with Gasteiger partial charge in [-0.15, -0.1) is 0 Å². The molecule has 1 heterocycles. The van der Waals surface area contributed by atoms with Gasteiger partial charge in [-0.2, -0.15) is 4.31 Å². The van der Waals surface area contributed by atoms with E-state index in [1.165, 1.54) is 28.6 Å². The molecule has 19 heavy (non-hydrogen) atoms. The molecule has 1 saturated heterocycles. The maximum Gasteiger partial charge on any atom is 0.337 e. The van der Waals surface area contributed by atoms with Crippen LogP contribution in [0.1, 0.15) is 17.3 Å². The SMILES string of the molecule is C[C@@H]1COCCN1S(=O)(=O)c1ccccc1C(=O)O. The van der Waals surface area contributed by atoms with Crippen molar-refractivity contribution in [2.75, 3.05) is 19.8 Å². The Morgan fingerprint density at radius 3 is 2.74 bits per heavy atom. The van der Waals surface area contributed by atoms with Crippen LogP contribution in [0.2, 0.25) is 0 Å². The van der Waals surface area contributed by atoms with Gasteiger partial charge in [0.05, 0.1) is 23.7 Å². The summed E-state index contributed by atoms with van der Waals surface area (Å²) in [5.74, 6) is -1.25. The first-order chi connectivity index (χ1) is 8.94. The number of aromatic carboxylic acids is 1. The van der Waals surface area contributed by atoms with Gasteiger partial charge in [0, 0.05) is 12.6 Å². The Balaban J connectivity index is 2.47. The fourth-order valence-electron chi connectivity index (χ4n) is 2.06. The number of benzene rings is 1. The summed E-state index contributed by atoms with van der Waals surface area (Å²) >= 11 is 0. The molecule has 0 bridgehead atoms. The van der Waals surface area contributed by atoms with E-state index < -0.39 is 16.0 Å². The van der Waals surface area contributed by atoms with E-state index in [1.54, 1.807) is 6.92 Å². The smallest absolute Gasteiger partial charge is 0.337 e. The quantitative estimate of drug-likeness (QED) is 0.887. The van der Waals surface area contributed by atoms with Crippen molar-refractivity contribution >= 4 is 16.0 Å². The van der Waals surface area contributed by atoms with E-state index in [0.29, 0.717) is 13.2 Å². The van der Waals surface area contributed by atoms with Crippen molar-refractivity contribution < 1.29 is 23.1 Å². The topological polar surface area (TPSA) is 83.9 Å². The molecule has 1 aliphatic heterocycles. The molecule has 1 aromatic carbocycles. The van der Waals surface area contributed by atoms with E-state index in [0.717, 1.165) is 0 Å². The number of ether oxygens (including phenoxy) is 1. The van der Waals surface area contributed by atoms with Gasteiger partial charge in [-0.1, -0.05) is 12.1 Å². The van der Waals surface area contributed by atoms with Crippen molar-refractivity contribution in [2.24, 2.45) is 0 Å². The highest BCUT2D eigenvalue weighted by molar-refractivity contribution is 7.89. The number of hydrogen-bond donors (Lipinski definition) is 1. The third-order valence-electron chi connectivity index (χ3n) is 3.01. The number of rotatable bonds is 3. The highest BCUT2D eigenvalue weighted by Gasteiger charge is 2.33. The highest BCUT2D eigenvalue weighted by Crippen LogP contribution is 2.23. The summed E-state index contributed by atoms with van der Waals surface area (Å²) in [6.45, 7) is 2.60. The maximum atomic E-state index is 12.5. The number of carbonyl (C=O) groups is 1. The molecular formula is C12H15NO5S. The zero-order valence-corrected chi connectivity index (χ0v) is 11.3. The van der Waals surface area contributed by atoms with Gasteiger partial charge in [-0.05, 0) is 19.1 Å². The van der Waals surface area contributed by atoms with Gasteiger partial charge in [-0.3, -0.25) is 0 Å². The van der Waals surface area contributed by atoms with Gasteiger partial charge in [0.1, 0.15) is 0 Å². The van der Waals surface area contributed by atoms with Crippen molar-refractivity contribution in [2.45, 2.75) is 17.9 Å². The summed E-state index contributed by atoms with van der Waals surface area (Å²) in [4.78, 5) is 11.0. The van der Waals surface area contributed by atoms with E-state index >= 15 is 0 Å². The van der Waals surface area contributed by atoms with Gasteiger partial charge in [0.2, 0.25) is 10.0 Å². The molecule has 104 valence electrons. The van der Waals surface area contributed by atoms with Crippen molar-refractivity contribution in [1.82, 2.24) is 4.31 Å². The second-order valence-corrected chi connectivity index (χ2v) is 6.20. The minimum atomic E-state index is -3.81. The molecule has 1 N–H and O–H groups in total. The monoisotopic (exact) mass is 285 g/mol. The minimum Gasteiger partial charge on any atom is -0.478 e. The molecule has 0 radical (unpaired) electrons. The molecule has 1 fully saturated rings. The first-order valence-electron chi connectivity index (χ1n) is 5.86. The minimum absolute atomic E-state index is 0.170. The average molecular weight is 285 g/mol. The van der Waals surface area contributed by atoms with Gasteiger partial charge in [0.25, 0.3) is 0 Å². The van der Waals surface area contributed by atoms with Crippen LogP contribution in [0.4, 0.5) is 0 Å². The van der Waals surface area contributed by atoms with E-state index in [-0.39, 0.29) is 23.0 Å². The largest absolute Gasteiger partial charge is 0.478 e. The molecule has 6 nitrogen and oxygen atoms in total. The summed E-state index contributed by atoms with van der Waals surface area (Å²) in [5, 5.41) is 9.09. The molecule has 2 rings (SSSR count). The molecule has 0 amide bonds. The lowest BCUT2D eigenvalue weighted by atomic mass is 10.2. The van der Waals surface area contributed by atoms with Crippen LogP contribution in [0, 0.1) is 0 Å². The summed E-state index contributed by atoms with van der Waals surface area (Å²) in [5.41, 5.74) is -0.207. The lowest BCUT2D eigenvalue weighted by molar-refractivity contribution is 0.0392. The van der Waals surface area contributed by atoms with Crippen molar-refractivity contribution in [1.29, 1.82) is 0 Å². The standard InChI is InChI=1S/C12H15NO5S/c1-9-8-18-7-6-13(9)19(16,17)11-5-3-2-4-10(11)12(14)15/h2-5,9H,6-8H2,1H3,(H,14,15)/t9-/m1/s1. The molecule has 0 unspecified atom stereocenters. The van der Waals surface area contributed by atoms with Crippen molar-refractivity contribution in [3.05, 3.63) is 29.8 Å². The highest BCUT2D eigenvalue weighted by atomic mass is 32.2. The van der Waals surface area contributed by atoms with Crippen molar-refractivity contribution in [3.8, 4) is 0 Å². The van der Waals surface area contributed by atoms with Crippen LogP contribution < -0.4 is 0 Å². The number of carboxylic acid groups (broad SMARTS) is 1. The van der Waals surface area contributed by atoms with Crippen LogP contribution in [-0.4, -0.2) is 49.6 Å². The zero-order valence-electron chi connectivity index (χ0n) is 10.4. The Morgan fingerprint density at radius 2 is 2.11 bits per heavy atom. The predicted molar refractivity (Wildman–Crippen MR) is 67.6 cm³/mol. The van der Waals surface area contributed by atoms with Crippen LogP contribution in [0.5, 0.6) is 0 Å². The Bertz CT molecular complexity index is 584. The summed E-state index contributed by atoms with van der Waals surface area (Å²) in [7, 11) is -3.81. The summed E-state index contributed by atoms with van der Waals surface area (Å²) < 4.78 is 31.5. The third kappa shape index (κ3) is 2.63. The lowest BCUT2D eigenvalue weighted by Gasteiger charge is -2.32. The van der Waals surface area contributed by atoms with Gasteiger partial charge in [-0.25, -0.2) is 13.2 Å². The number of nitrogens with zero attached hydrogens (tertiary/aromatic N) is 1. The number of sulfonamides is 1. The number of carboxylic acids is 1. The lowest BCUT2D eigenvalue weighted by Crippen LogP contribution is -2.47. The predicted octanol–water partition coefficient (Wildman–Crippen LogP) is 0.794. The Kier molecular flexibility index (Phi) is 3.88. The first-order valence-corrected chi connectivity index (χ1v) is 7.30. The second kappa shape index (κ2) is 5.28. The molecule has 7 heteroatoms. The molecule has 0 spiro atoms. The van der Waals surface area contributed by atoms with Crippen LogP contribution in [0.3, 0.4) is 0 Å². The van der Waals surface area contributed by atoms with Crippen LogP contribution in [0.25, 0.3) is 0 Å². The van der Waals surface area contributed by atoms with Gasteiger partial charge in [0.15, 0.2) is 0 Å². The molecule has 1 aromatic rings. The van der Waals surface area contributed by atoms with Crippen LogP contribution >= 0.6 is 0 Å².